The van der Waals surface area contributed by atoms with E-state index in [-0.39, 0.29) is 30.9 Å². The van der Waals surface area contributed by atoms with Crippen molar-refractivity contribution in [2.45, 2.75) is 31.5 Å². The predicted molar refractivity (Wildman–Crippen MR) is 120 cm³/mol. The zero-order valence-electron chi connectivity index (χ0n) is 17.0. The fourth-order valence-electron chi connectivity index (χ4n) is 4.73. The van der Waals surface area contributed by atoms with Crippen LogP contribution in [0.3, 0.4) is 0 Å². The maximum atomic E-state index is 13.5. The molecule has 9 heteroatoms. The molecule has 3 aliphatic rings. The number of anilines is 1. The first kappa shape index (κ1) is 20.6. The van der Waals surface area contributed by atoms with Crippen molar-refractivity contribution in [3.8, 4) is 0 Å². The molecule has 31 heavy (non-hydrogen) atoms. The van der Waals surface area contributed by atoms with Crippen LogP contribution in [0.25, 0.3) is 0 Å². The Balaban J connectivity index is 1.42. The topological polar surface area (TPSA) is 59.1 Å². The lowest BCUT2D eigenvalue weighted by Gasteiger charge is -2.43. The number of nitrogens with one attached hydrogen (secondary N) is 1. The molecule has 162 valence electrons. The SMILES string of the molecule is CN1C(=O)N(Cc2ccc(Cl)cc2)C(=O)C2C1NC1N(c3ccc(Cl)cc3)CCCN21. The highest BCUT2D eigenvalue weighted by Gasteiger charge is 2.56. The average molecular weight is 460 g/mol. The van der Waals surface area contributed by atoms with Crippen LogP contribution >= 0.6 is 23.2 Å². The molecule has 2 aromatic rings. The summed E-state index contributed by atoms with van der Waals surface area (Å²) in [6.07, 6.45) is 0.380. The molecule has 0 radical (unpaired) electrons. The lowest BCUT2D eigenvalue weighted by Crippen LogP contribution is -2.66. The van der Waals surface area contributed by atoms with Gasteiger partial charge in [0.15, 0.2) is 0 Å². The van der Waals surface area contributed by atoms with Crippen LogP contribution in [0.15, 0.2) is 48.5 Å². The fraction of sp³-hybridized carbons (Fsp3) is 0.364. The van der Waals surface area contributed by atoms with Crippen LogP contribution in [0.5, 0.6) is 0 Å². The van der Waals surface area contributed by atoms with Gasteiger partial charge in [-0.3, -0.25) is 19.9 Å². The van der Waals surface area contributed by atoms with E-state index in [1.807, 2.05) is 36.4 Å². The second-order valence-corrected chi connectivity index (χ2v) is 9.01. The van der Waals surface area contributed by atoms with E-state index in [9.17, 15) is 9.59 Å². The summed E-state index contributed by atoms with van der Waals surface area (Å²) in [5, 5.41) is 4.82. The van der Waals surface area contributed by atoms with Gasteiger partial charge in [-0.15, -0.1) is 0 Å². The Morgan fingerprint density at radius 3 is 2.29 bits per heavy atom. The first-order valence-corrected chi connectivity index (χ1v) is 11.1. The van der Waals surface area contributed by atoms with Gasteiger partial charge in [0.25, 0.3) is 5.91 Å². The number of urea groups is 1. The highest BCUT2D eigenvalue weighted by molar-refractivity contribution is 6.30. The molecule has 3 saturated heterocycles. The van der Waals surface area contributed by atoms with E-state index in [2.05, 4.69) is 15.1 Å². The number of amides is 3. The van der Waals surface area contributed by atoms with E-state index >= 15 is 0 Å². The van der Waals surface area contributed by atoms with Crippen LogP contribution in [0, 0.1) is 0 Å². The minimum absolute atomic E-state index is 0.167. The van der Waals surface area contributed by atoms with Gasteiger partial charge in [0, 0.05) is 35.9 Å². The summed E-state index contributed by atoms with van der Waals surface area (Å²) < 4.78 is 0. The van der Waals surface area contributed by atoms with E-state index in [0.717, 1.165) is 30.8 Å². The van der Waals surface area contributed by atoms with Crippen molar-refractivity contribution < 1.29 is 9.59 Å². The maximum Gasteiger partial charge on any atom is 0.328 e. The molecule has 3 aliphatic heterocycles. The Bertz CT molecular complexity index is 1000. The van der Waals surface area contributed by atoms with Gasteiger partial charge in [-0.25, -0.2) is 4.79 Å². The molecule has 7 nitrogen and oxygen atoms in total. The molecule has 3 unspecified atom stereocenters. The van der Waals surface area contributed by atoms with Crippen LogP contribution in [-0.4, -0.2) is 65.3 Å². The molecule has 3 fully saturated rings. The number of nitrogens with zero attached hydrogens (tertiary/aromatic N) is 4. The van der Waals surface area contributed by atoms with Crippen molar-refractivity contribution in [1.29, 1.82) is 0 Å². The maximum absolute atomic E-state index is 13.5. The number of hydrogen-bond acceptors (Lipinski definition) is 5. The fourth-order valence-corrected chi connectivity index (χ4v) is 4.99. The number of carbonyl (C=O) groups excluding carboxylic acids is 2. The summed E-state index contributed by atoms with van der Waals surface area (Å²) in [6, 6.07) is 14.2. The Morgan fingerprint density at radius 2 is 1.61 bits per heavy atom. The van der Waals surface area contributed by atoms with Gasteiger partial charge in [0.2, 0.25) is 0 Å². The van der Waals surface area contributed by atoms with E-state index < -0.39 is 6.04 Å². The number of benzene rings is 2. The number of likely N-dealkylation sites (N-methyl/N-ethyl adjacent to an activating group) is 1. The summed E-state index contributed by atoms with van der Waals surface area (Å²) in [4.78, 5) is 34.0. The largest absolute Gasteiger partial charge is 0.343 e. The van der Waals surface area contributed by atoms with E-state index in [4.69, 9.17) is 23.2 Å². The highest BCUT2D eigenvalue weighted by Crippen LogP contribution is 2.33. The Labute approximate surface area is 191 Å². The first-order valence-electron chi connectivity index (χ1n) is 10.3. The third-order valence-electron chi connectivity index (χ3n) is 6.28. The first-order chi connectivity index (χ1) is 14.9. The summed E-state index contributed by atoms with van der Waals surface area (Å²) in [7, 11) is 1.75. The number of carbonyl (C=O) groups is 2. The molecular formula is C22H23Cl2N5O2. The van der Waals surface area contributed by atoms with Crippen molar-refractivity contribution >= 4 is 40.8 Å². The van der Waals surface area contributed by atoms with Crippen LogP contribution in [0.4, 0.5) is 10.5 Å². The van der Waals surface area contributed by atoms with Gasteiger partial charge in [-0.05, 0) is 48.4 Å². The Hall–Kier alpha value is -2.32. The van der Waals surface area contributed by atoms with Gasteiger partial charge < -0.3 is 9.80 Å². The minimum Gasteiger partial charge on any atom is -0.343 e. The smallest absolute Gasteiger partial charge is 0.328 e. The van der Waals surface area contributed by atoms with Crippen LogP contribution in [-0.2, 0) is 11.3 Å². The highest BCUT2D eigenvalue weighted by atomic mass is 35.5. The van der Waals surface area contributed by atoms with Crippen molar-refractivity contribution in [1.82, 2.24) is 20.0 Å². The number of hydrogen-bond donors (Lipinski definition) is 1. The van der Waals surface area contributed by atoms with Gasteiger partial charge in [-0.2, -0.15) is 0 Å². The molecule has 5 rings (SSSR count). The van der Waals surface area contributed by atoms with Crippen molar-refractivity contribution in [2.24, 2.45) is 0 Å². The summed E-state index contributed by atoms with van der Waals surface area (Å²) >= 11 is 12.0. The lowest BCUT2D eigenvalue weighted by atomic mass is 10.1. The zero-order chi connectivity index (χ0) is 21.7. The molecule has 2 aromatic carbocycles. The standard InChI is InChI=1S/C22H23Cl2N5O2/c1-26-19-18(20(30)29(22(26)31)13-14-3-5-15(23)6-4-14)28-12-2-11-27(21(28)25-19)17-9-7-16(24)8-10-17/h3-10,18-19,21,25H,2,11-13H2,1H3. The molecule has 3 amide bonds. The van der Waals surface area contributed by atoms with Crippen LogP contribution in [0.1, 0.15) is 12.0 Å². The molecule has 0 aliphatic carbocycles. The molecule has 0 spiro atoms. The lowest BCUT2D eigenvalue weighted by molar-refractivity contribution is -0.139. The number of fused-ring (bicyclic) bond motifs is 3. The van der Waals surface area contributed by atoms with E-state index in [0.29, 0.717) is 10.0 Å². The third-order valence-corrected chi connectivity index (χ3v) is 6.79. The van der Waals surface area contributed by atoms with Gasteiger partial charge in [-0.1, -0.05) is 35.3 Å². The second-order valence-electron chi connectivity index (χ2n) is 8.14. The summed E-state index contributed by atoms with van der Waals surface area (Å²) in [5.41, 5.74) is 1.89. The Morgan fingerprint density at radius 1 is 0.968 bits per heavy atom. The second kappa shape index (κ2) is 7.98. The number of imide groups is 1. The van der Waals surface area contributed by atoms with Gasteiger partial charge >= 0.3 is 6.03 Å². The van der Waals surface area contributed by atoms with Crippen molar-refractivity contribution in [2.75, 3.05) is 25.0 Å². The third kappa shape index (κ3) is 3.55. The normalized spacial score (nSPS) is 26.3. The quantitative estimate of drug-likeness (QED) is 0.763. The molecule has 0 saturated carbocycles. The molecule has 3 atom stereocenters. The monoisotopic (exact) mass is 459 g/mol. The van der Waals surface area contributed by atoms with Crippen molar-refractivity contribution in [3.63, 3.8) is 0 Å². The van der Waals surface area contributed by atoms with Gasteiger partial charge in [0.05, 0.1) is 6.54 Å². The van der Waals surface area contributed by atoms with Gasteiger partial charge in [0.1, 0.15) is 18.5 Å². The minimum atomic E-state index is -0.435. The average Bonchev–Trinajstić information content (AvgIpc) is 3.17. The summed E-state index contributed by atoms with van der Waals surface area (Å²) in [5.74, 6) is -0.170. The molecule has 0 bridgehead atoms. The molecule has 0 aromatic heterocycles. The predicted octanol–water partition coefficient (Wildman–Crippen LogP) is 3.18. The zero-order valence-corrected chi connectivity index (χ0v) is 18.6. The van der Waals surface area contributed by atoms with Crippen molar-refractivity contribution in [3.05, 3.63) is 64.1 Å². The molecular weight excluding hydrogens is 437 g/mol. The summed E-state index contributed by atoms with van der Waals surface area (Å²) in [6.45, 7) is 1.86. The molecule has 3 heterocycles. The number of halogens is 2. The van der Waals surface area contributed by atoms with E-state index in [1.165, 1.54) is 4.90 Å². The Kier molecular flexibility index (Phi) is 5.30. The van der Waals surface area contributed by atoms with E-state index in [1.54, 1.807) is 24.1 Å². The number of rotatable bonds is 3. The van der Waals surface area contributed by atoms with Crippen LogP contribution < -0.4 is 10.2 Å². The van der Waals surface area contributed by atoms with Crippen LogP contribution in [0.2, 0.25) is 10.0 Å². The molecule has 1 N–H and O–H groups in total.